The average Bonchev–Trinajstić information content (AvgIpc) is 3.36. The molecular weight excluding hydrogens is 527 g/mol. The van der Waals surface area contributed by atoms with Crippen molar-refractivity contribution in [1.82, 2.24) is 24.8 Å². The van der Waals surface area contributed by atoms with E-state index in [1.165, 1.54) is 0 Å². The van der Waals surface area contributed by atoms with Crippen LogP contribution < -0.4 is 15.1 Å². The van der Waals surface area contributed by atoms with Gasteiger partial charge in [0.2, 0.25) is 0 Å². The van der Waals surface area contributed by atoms with Gasteiger partial charge in [0.1, 0.15) is 17.7 Å². The van der Waals surface area contributed by atoms with Gasteiger partial charge < -0.3 is 20.0 Å². The lowest BCUT2D eigenvalue weighted by Crippen LogP contribution is -2.50. The minimum Gasteiger partial charge on any atom is -0.363 e. The van der Waals surface area contributed by atoms with Gasteiger partial charge in [0.25, 0.3) is 0 Å². The maximum Gasteiger partial charge on any atom is 0.405 e. The molecule has 0 radical (unpaired) electrons. The second kappa shape index (κ2) is 10.9. The molecule has 1 N–H and O–H groups in total. The summed E-state index contributed by atoms with van der Waals surface area (Å²) in [5.41, 5.74) is 5.83. The fraction of sp³-hybridized carbons (Fsp3) is 0.548. The van der Waals surface area contributed by atoms with Gasteiger partial charge in [-0.15, -0.1) is 0 Å². The van der Waals surface area contributed by atoms with E-state index < -0.39 is 12.2 Å². The molecule has 6 rings (SSSR count). The third-order valence-corrected chi connectivity index (χ3v) is 9.05. The van der Waals surface area contributed by atoms with Crippen molar-refractivity contribution in [3.8, 4) is 0 Å². The van der Waals surface area contributed by atoms with Crippen LogP contribution in [0.15, 0.2) is 36.9 Å². The summed E-state index contributed by atoms with van der Waals surface area (Å²) in [5.74, 6) is 1.40. The highest BCUT2D eigenvalue weighted by atomic mass is 19.4. The second-order valence-corrected chi connectivity index (χ2v) is 12.0. The molecule has 5 heterocycles. The summed E-state index contributed by atoms with van der Waals surface area (Å²) in [6, 6.07) is 8.95. The Balaban J connectivity index is 1.49. The first-order valence-corrected chi connectivity index (χ1v) is 14.8. The van der Waals surface area contributed by atoms with Crippen LogP contribution in [0.4, 0.5) is 24.8 Å². The molecule has 2 fully saturated rings. The smallest absolute Gasteiger partial charge is 0.363 e. The van der Waals surface area contributed by atoms with Crippen LogP contribution in [0.2, 0.25) is 0 Å². The van der Waals surface area contributed by atoms with E-state index in [1.54, 1.807) is 16.5 Å². The Bertz CT molecular complexity index is 1430. The fourth-order valence-electron chi connectivity index (χ4n) is 6.50. The molecule has 3 unspecified atom stereocenters. The number of benzene rings is 1. The number of aromatic nitrogens is 3. The molecular formula is C31H40F3N7. The first-order valence-electron chi connectivity index (χ1n) is 14.8. The van der Waals surface area contributed by atoms with Crippen LogP contribution in [-0.4, -0.2) is 71.0 Å². The number of nitrogens with zero attached hydrogens (tertiary/aromatic N) is 6. The van der Waals surface area contributed by atoms with Crippen LogP contribution in [0.5, 0.6) is 0 Å². The highest BCUT2D eigenvalue weighted by Crippen LogP contribution is 2.39. The Kier molecular flexibility index (Phi) is 7.38. The fourth-order valence-corrected chi connectivity index (χ4v) is 6.50. The molecule has 0 aliphatic carbocycles. The normalized spacial score (nSPS) is 24.4. The van der Waals surface area contributed by atoms with Crippen LogP contribution in [0, 0.1) is 6.92 Å². The monoisotopic (exact) mass is 567 g/mol. The van der Waals surface area contributed by atoms with E-state index in [-0.39, 0.29) is 19.1 Å². The van der Waals surface area contributed by atoms with Gasteiger partial charge in [0.05, 0.1) is 11.7 Å². The van der Waals surface area contributed by atoms with Gasteiger partial charge in [0.15, 0.2) is 5.65 Å². The lowest BCUT2D eigenvalue weighted by Gasteiger charge is -2.40. The Hall–Kier alpha value is -3.27. The van der Waals surface area contributed by atoms with E-state index in [9.17, 15) is 13.2 Å². The Morgan fingerprint density at radius 3 is 2.59 bits per heavy atom. The molecule has 7 nitrogen and oxygen atoms in total. The summed E-state index contributed by atoms with van der Waals surface area (Å²) < 4.78 is 44.5. The SMILES string of the molecule is C=C1c2cc(C)ccc2CCCNC(C(F)(F)F)CN(C)c2cc(N3CCC3C)nc3cc(nn23)C2CCCCN12. The topological polar surface area (TPSA) is 51.9 Å². The molecule has 2 saturated heterocycles. The average molecular weight is 568 g/mol. The number of hydrogen-bond donors (Lipinski definition) is 1. The summed E-state index contributed by atoms with van der Waals surface area (Å²) in [7, 11) is 1.72. The summed E-state index contributed by atoms with van der Waals surface area (Å²) in [4.78, 5) is 11.2. The zero-order valence-corrected chi connectivity index (χ0v) is 24.2. The first-order chi connectivity index (χ1) is 19.6. The third kappa shape index (κ3) is 5.38. The van der Waals surface area contributed by atoms with Crippen LogP contribution >= 0.6 is 0 Å². The first kappa shape index (κ1) is 27.9. The molecule has 0 amide bonds. The predicted octanol–water partition coefficient (Wildman–Crippen LogP) is 5.74. The number of nitrogens with one attached hydrogen (secondary N) is 1. The van der Waals surface area contributed by atoms with Crippen molar-refractivity contribution in [3.63, 3.8) is 0 Å². The molecule has 0 saturated carbocycles. The number of halogens is 3. The van der Waals surface area contributed by atoms with Crippen molar-refractivity contribution in [1.29, 1.82) is 0 Å². The minimum atomic E-state index is -4.39. The molecule has 220 valence electrons. The van der Waals surface area contributed by atoms with E-state index in [0.717, 1.165) is 72.7 Å². The van der Waals surface area contributed by atoms with Gasteiger partial charge in [-0.1, -0.05) is 24.3 Å². The van der Waals surface area contributed by atoms with Crippen molar-refractivity contribution in [2.24, 2.45) is 0 Å². The number of likely N-dealkylation sites (N-methyl/N-ethyl adjacent to an activating group) is 1. The quantitative estimate of drug-likeness (QED) is 0.405. The zero-order chi connectivity index (χ0) is 28.9. The van der Waals surface area contributed by atoms with Gasteiger partial charge in [0, 0.05) is 56.1 Å². The van der Waals surface area contributed by atoms with Crippen molar-refractivity contribution >= 4 is 23.0 Å². The number of hydrogen-bond acceptors (Lipinski definition) is 6. The summed E-state index contributed by atoms with van der Waals surface area (Å²) in [5, 5.41) is 7.84. The van der Waals surface area contributed by atoms with Crippen LogP contribution in [0.1, 0.15) is 67.5 Å². The molecule has 2 aromatic heterocycles. The molecule has 1 aromatic carbocycles. The van der Waals surface area contributed by atoms with E-state index >= 15 is 0 Å². The molecule has 3 aliphatic heterocycles. The van der Waals surface area contributed by atoms with Crippen molar-refractivity contribution < 1.29 is 13.2 Å². The summed E-state index contributed by atoms with van der Waals surface area (Å²) in [6.07, 6.45) is 1.06. The molecule has 3 aromatic rings. The van der Waals surface area contributed by atoms with E-state index in [2.05, 4.69) is 53.7 Å². The standard InChI is InChI=1S/C31H40F3N7/c1-20-10-11-23-8-7-13-35-27(31(32,33)34)19-38(4)30-18-28(39-15-12-21(39)2)36-29-17-25(37-41(29)30)26-9-5-6-14-40(26)22(3)24(23)16-20/h10-11,16-18,21,26-27,35H,3,5-9,12-15,19H2,1-2,4H3. The second-order valence-electron chi connectivity index (χ2n) is 12.0. The number of alkyl halides is 3. The third-order valence-electron chi connectivity index (χ3n) is 9.05. The number of piperidine rings is 1. The van der Waals surface area contributed by atoms with Crippen LogP contribution in [0.3, 0.4) is 0 Å². The number of rotatable bonds is 1. The van der Waals surface area contributed by atoms with E-state index in [1.807, 2.05) is 12.1 Å². The Morgan fingerprint density at radius 2 is 1.85 bits per heavy atom. The van der Waals surface area contributed by atoms with Gasteiger partial charge in [-0.2, -0.15) is 22.8 Å². The highest BCUT2D eigenvalue weighted by molar-refractivity contribution is 5.67. The minimum absolute atomic E-state index is 0.0216. The van der Waals surface area contributed by atoms with Crippen LogP contribution in [0.25, 0.3) is 11.3 Å². The number of aryl methyl sites for hydroxylation is 2. The lowest BCUT2D eigenvalue weighted by molar-refractivity contribution is -0.153. The van der Waals surface area contributed by atoms with Crippen molar-refractivity contribution in [3.05, 3.63) is 59.3 Å². The summed E-state index contributed by atoms with van der Waals surface area (Å²) >= 11 is 0. The van der Waals surface area contributed by atoms with Gasteiger partial charge >= 0.3 is 6.18 Å². The van der Waals surface area contributed by atoms with Crippen LogP contribution in [-0.2, 0) is 6.42 Å². The highest BCUT2D eigenvalue weighted by Gasteiger charge is 2.40. The predicted molar refractivity (Wildman–Crippen MR) is 157 cm³/mol. The van der Waals surface area contributed by atoms with E-state index in [0.29, 0.717) is 30.3 Å². The molecule has 2 bridgehead atoms. The van der Waals surface area contributed by atoms with E-state index in [4.69, 9.17) is 10.1 Å². The van der Waals surface area contributed by atoms with Gasteiger partial charge in [-0.25, -0.2) is 4.98 Å². The lowest BCUT2D eigenvalue weighted by atomic mass is 9.93. The van der Waals surface area contributed by atoms with Crippen molar-refractivity contribution in [2.75, 3.05) is 43.0 Å². The molecule has 3 atom stereocenters. The molecule has 10 heteroatoms. The Labute approximate surface area is 240 Å². The Morgan fingerprint density at radius 1 is 1.02 bits per heavy atom. The number of anilines is 2. The molecule has 0 spiro atoms. The molecule has 3 aliphatic rings. The largest absolute Gasteiger partial charge is 0.405 e. The zero-order valence-electron chi connectivity index (χ0n) is 24.2. The molecule has 41 heavy (non-hydrogen) atoms. The number of fused-ring (bicyclic) bond motifs is 4. The maximum atomic E-state index is 14.2. The summed E-state index contributed by atoms with van der Waals surface area (Å²) in [6.45, 7) is 10.6. The van der Waals surface area contributed by atoms with Crippen molar-refractivity contribution in [2.45, 2.75) is 76.7 Å². The van der Waals surface area contributed by atoms with Gasteiger partial charge in [-0.05, 0) is 70.5 Å². The van der Waals surface area contributed by atoms with Gasteiger partial charge in [-0.3, -0.25) is 0 Å². The maximum absolute atomic E-state index is 14.2.